The number of halogens is 4. The Kier molecular flexibility index (Phi) is 3.45. The first-order valence-corrected chi connectivity index (χ1v) is 6.73. The zero-order valence-electron chi connectivity index (χ0n) is 11.0. The summed E-state index contributed by atoms with van der Waals surface area (Å²) < 4.78 is 39.1. The van der Waals surface area contributed by atoms with E-state index in [0.717, 1.165) is 6.07 Å². The quantitative estimate of drug-likeness (QED) is 0.747. The predicted molar refractivity (Wildman–Crippen MR) is 79.4 cm³/mol. The number of hydrogen-bond acceptors (Lipinski definition) is 1. The summed E-state index contributed by atoms with van der Waals surface area (Å²) in [5.41, 5.74) is 0.378. The van der Waals surface area contributed by atoms with Gasteiger partial charge in [-0.15, -0.1) is 0 Å². The highest BCUT2D eigenvalue weighted by atomic mass is 35.5. The fourth-order valence-electron chi connectivity index (χ4n) is 2.35. The van der Waals surface area contributed by atoms with Crippen LogP contribution in [-0.2, 0) is 11.0 Å². The summed E-state index contributed by atoms with van der Waals surface area (Å²) in [5, 5.41) is 3.03. The van der Waals surface area contributed by atoms with Gasteiger partial charge in [0.05, 0.1) is 11.3 Å². The number of nitrogens with one attached hydrogen (secondary N) is 1. The summed E-state index contributed by atoms with van der Waals surface area (Å²) in [6, 6.07) is 9.89. The van der Waals surface area contributed by atoms with Crippen LogP contribution < -0.4 is 5.32 Å². The molecule has 0 bridgehead atoms. The number of carbonyl (C=O) groups excluding carboxylic acids is 1. The lowest BCUT2D eigenvalue weighted by molar-refractivity contribution is -0.137. The molecule has 22 heavy (non-hydrogen) atoms. The van der Waals surface area contributed by atoms with Gasteiger partial charge < -0.3 is 5.32 Å². The van der Waals surface area contributed by atoms with Gasteiger partial charge in [-0.05, 0) is 29.8 Å². The van der Waals surface area contributed by atoms with Crippen LogP contribution in [0.3, 0.4) is 0 Å². The smallest absolute Gasteiger partial charge is 0.321 e. The highest BCUT2D eigenvalue weighted by molar-refractivity contribution is 6.36. The van der Waals surface area contributed by atoms with Crippen molar-refractivity contribution < 1.29 is 18.0 Å². The lowest BCUT2D eigenvalue weighted by Crippen LogP contribution is -2.08. The summed E-state index contributed by atoms with van der Waals surface area (Å²) in [5.74, 6) is -0.450. The Morgan fingerprint density at radius 3 is 2.55 bits per heavy atom. The van der Waals surface area contributed by atoms with Crippen LogP contribution in [0.15, 0.2) is 42.5 Å². The lowest BCUT2D eigenvalue weighted by atomic mass is 10.0. The summed E-state index contributed by atoms with van der Waals surface area (Å²) in [4.78, 5) is 12.0. The van der Waals surface area contributed by atoms with Crippen molar-refractivity contribution in [3.63, 3.8) is 0 Å². The van der Waals surface area contributed by atoms with Crippen LogP contribution in [0, 0.1) is 0 Å². The molecule has 1 N–H and O–H groups in total. The molecule has 1 aliphatic heterocycles. The number of fused-ring (bicyclic) bond motifs is 1. The van der Waals surface area contributed by atoms with Crippen LogP contribution >= 0.6 is 11.6 Å². The minimum atomic E-state index is -4.48. The maximum Gasteiger partial charge on any atom is 0.416 e. The third-order valence-electron chi connectivity index (χ3n) is 3.33. The third kappa shape index (κ3) is 2.60. The van der Waals surface area contributed by atoms with E-state index in [1.807, 2.05) is 0 Å². The molecule has 1 aliphatic rings. The summed E-state index contributed by atoms with van der Waals surface area (Å²) in [7, 11) is 0. The number of benzene rings is 2. The minimum Gasteiger partial charge on any atom is -0.321 e. The number of rotatable bonds is 1. The van der Waals surface area contributed by atoms with Gasteiger partial charge in [0.2, 0.25) is 0 Å². The van der Waals surface area contributed by atoms with Gasteiger partial charge in [0.25, 0.3) is 5.91 Å². The third-order valence-corrected chi connectivity index (χ3v) is 3.57. The Hall–Kier alpha value is -2.27. The van der Waals surface area contributed by atoms with Crippen molar-refractivity contribution in [2.75, 3.05) is 5.32 Å². The summed E-state index contributed by atoms with van der Waals surface area (Å²) in [6.07, 6.45) is -3.23. The Morgan fingerprint density at radius 1 is 1.09 bits per heavy atom. The zero-order chi connectivity index (χ0) is 15.9. The van der Waals surface area contributed by atoms with Crippen molar-refractivity contribution >= 4 is 34.8 Å². The van der Waals surface area contributed by atoms with Crippen molar-refractivity contribution in [2.45, 2.75) is 6.18 Å². The molecule has 0 spiro atoms. The second-order valence-electron chi connectivity index (χ2n) is 4.79. The normalized spacial score (nSPS) is 15.8. The monoisotopic (exact) mass is 323 g/mol. The zero-order valence-corrected chi connectivity index (χ0v) is 11.8. The first-order chi connectivity index (χ1) is 10.4. The maximum atomic E-state index is 13.0. The number of carbonyl (C=O) groups is 1. The first kappa shape index (κ1) is 14.7. The van der Waals surface area contributed by atoms with Gasteiger partial charge in [0.1, 0.15) is 0 Å². The van der Waals surface area contributed by atoms with Gasteiger partial charge in [-0.2, -0.15) is 13.2 Å². The molecule has 2 aromatic carbocycles. The molecule has 0 atom stereocenters. The predicted octanol–water partition coefficient (Wildman–Crippen LogP) is 4.85. The molecular weight excluding hydrogens is 315 g/mol. The van der Waals surface area contributed by atoms with Crippen LogP contribution in [0.4, 0.5) is 18.9 Å². The molecule has 0 aromatic heterocycles. The van der Waals surface area contributed by atoms with Gasteiger partial charge in [-0.1, -0.05) is 35.9 Å². The average molecular weight is 324 g/mol. The molecule has 3 rings (SSSR count). The molecule has 1 amide bonds. The molecule has 2 nitrogen and oxygen atoms in total. The Balaban J connectivity index is 2.14. The van der Waals surface area contributed by atoms with E-state index in [1.54, 1.807) is 18.2 Å². The molecule has 0 saturated carbocycles. The number of anilines is 1. The van der Waals surface area contributed by atoms with Gasteiger partial charge in [-0.3, -0.25) is 4.79 Å². The SMILES string of the molecule is O=C1Nc2cc(Cl)ccc2/C1=C\c1ccccc1C(F)(F)F. The van der Waals surface area contributed by atoms with E-state index in [4.69, 9.17) is 11.6 Å². The number of hydrogen-bond donors (Lipinski definition) is 1. The second kappa shape index (κ2) is 5.18. The largest absolute Gasteiger partial charge is 0.416 e. The lowest BCUT2D eigenvalue weighted by Gasteiger charge is -2.10. The van der Waals surface area contributed by atoms with Gasteiger partial charge in [0, 0.05) is 16.2 Å². The van der Waals surface area contributed by atoms with Crippen molar-refractivity contribution in [1.82, 2.24) is 0 Å². The summed E-state index contributed by atoms with van der Waals surface area (Å²) in [6.45, 7) is 0. The Bertz CT molecular complexity index is 796. The van der Waals surface area contributed by atoms with E-state index in [-0.39, 0.29) is 11.1 Å². The Labute approximate surface area is 129 Å². The molecule has 0 unspecified atom stereocenters. The minimum absolute atomic E-state index is 0.0528. The molecular formula is C16H9ClF3NO. The highest BCUT2D eigenvalue weighted by Crippen LogP contribution is 2.37. The van der Waals surface area contributed by atoms with Gasteiger partial charge >= 0.3 is 6.18 Å². The van der Waals surface area contributed by atoms with E-state index in [1.165, 1.54) is 24.3 Å². The van der Waals surface area contributed by atoms with Crippen molar-refractivity contribution in [1.29, 1.82) is 0 Å². The number of alkyl halides is 3. The van der Waals surface area contributed by atoms with Crippen LogP contribution in [-0.4, -0.2) is 5.91 Å². The fourth-order valence-corrected chi connectivity index (χ4v) is 2.52. The van der Waals surface area contributed by atoms with E-state index in [9.17, 15) is 18.0 Å². The maximum absolute atomic E-state index is 13.0. The standard InChI is InChI=1S/C16H9ClF3NO/c17-10-5-6-11-12(15(22)21-14(11)8-10)7-9-3-1-2-4-13(9)16(18,19)20/h1-8H,(H,21,22)/b12-7+. The van der Waals surface area contributed by atoms with Gasteiger partial charge in [0.15, 0.2) is 0 Å². The highest BCUT2D eigenvalue weighted by Gasteiger charge is 2.33. The molecule has 112 valence electrons. The molecule has 0 aliphatic carbocycles. The molecule has 6 heteroatoms. The Morgan fingerprint density at radius 2 is 1.82 bits per heavy atom. The van der Waals surface area contributed by atoms with E-state index in [2.05, 4.69) is 5.32 Å². The van der Waals surface area contributed by atoms with Crippen molar-refractivity contribution in [3.8, 4) is 0 Å². The van der Waals surface area contributed by atoms with E-state index >= 15 is 0 Å². The van der Waals surface area contributed by atoms with Gasteiger partial charge in [-0.25, -0.2) is 0 Å². The van der Waals surface area contributed by atoms with Crippen LogP contribution in [0.2, 0.25) is 5.02 Å². The van der Waals surface area contributed by atoms with Crippen molar-refractivity contribution in [3.05, 3.63) is 64.2 Å². The molecule has 1 heterocycles. The van der Waals surface area contributed by atoms with Crippen molar-refractivity contribution in [2.24, 2.45) is 0 Å². The fraction of sp³-hybridized carbons (Fsp3) is 0.0625. The van der Waals surface area contributed by atoms with Crippen LogP contribution in [0.25, 0.3) is 11.6 Å². The molecule has 0 fully saturated rings. The topological polar surface area (TPSA) is 29.1 Å². The first-order valence-electron chi connectivity index (χ1n) is 6.35. The molecule has 0 saturated heterocycles. The molecule has 0 radical (unpaired) electrons. The number of amides is 1. The van der Waals surface area contributed by atoms with E-state index < -0.39 is 17.6 Å². The second-order valence-corrected chi connectivity index (χ2v) is 5.22. The van der Waals surface area contributed by atoms with Crippen LogP contribution in [0.5, 0.6) is 0 Å². The van der Waals surface area contributed by atoms with E-state index in [0.29, 0.717) is 16.3 Å². The molecule has 2 aromatic rings. The van der Waals surface area contributed by atoms with Crippen LogP contribution in [0.1, 0.15) is 16.7 Å². The summed E-state index contributed by atoms with van der Waals surface area (Å²) >= 11 is 5.84. The average Bonchev–Trinajstić information content (AvgIpc) is 2.74.